The molecule has 0 saturated heterocycles. The van der Waals surface area contributed by atoms with Gasteiger partial charge in [-0.1, -0.05) is 0 Å². The van der Waals surface area contributed by atoms with Gasteiger partial charge >= 0.3 is 0 Å². The average molecular weight is 169 g/mol. The monoisotopic (exact) mass is 169 g/mol. The van der Waals surface area contributed by atoms with E-state index in [1.807, 2.05) is 0 Å². The van der Waals surface area contributed by atoms with Crippen molar-refractivity contribution in [2.75, 3.05) is 5.73 Å². The fourth-order valence-corrected chi connectivity index (χ4v) is 0.895. The molecule has 0 fully saturated rings. The Morgan fingerprint density at radius 3 is 2.67 bits per heavy atom. The topological polar surface area (TPSA) is 63.3 Å². The van der Waals surface area contributed by atoms with Crippen LogP contribution in [0, 0.1) is 5.82 Å². The first-order valence-electron chi connectivity index (χ1n) is 3.31. The van der Waals surface area contributed by atoms with E-state index < -0.39 is 5.82 Å². The minimum atomic E-state index is -0.778. The first-order chi connectivity index (χ1) is 5.52. The highest BCUT2D eigenvalue weighted by atomic mass is 19.1. The predicted octanol–water partition coefficient (Wildman–Crippen LogP) is 1.32. The van der Waals surface area contributed by atoms with E-state index >= 15 is 0 Å². The van der Waals surface area contributed by atoms with E-state index in [1.165, 1.54) is 6.92 Å². The van der Waals surface area contributed by atoms with Gasteiger partial charge in [0, 0.05) is 11.6 Å². The summed E-state index contributed by atoms with van der Waals surface area (Å²) in [5.74, 6) is -1.45. The molecular weight excluding hydrogens is 161 g/mol. The molecule has 0 aliphatic rings. The molecule has 0 radical (unpaired) electrons. The molecule has 0 bridgehead atoms. The lowest BCUT2D eigenvalue weighted by Crippen LogP contribution is -2.01. The Morgan fingerprint density at radius 1 is 1.58 bits per heavy atom. The van der Waals surface area contributed by atoms with Crippen molar-refractivity contribution in [3.05, 3.63) is 23.5 Å². The zero-order valence-corrected chi connectivity index (χ0v) is 6.47. The van der Waals surface area contributed by atoms with Crippen molar-refractivity contribution >= 4 is 11.5 Å². The number of halogens is 1. The van der Waals surface area contributed by atoms with E-state index in [0.717, 1.165) is 12.1 Å². The molecule has 0 unspecified atom stereocenters. The highest BCUT2D eigenvalue weighted by Crippen LogP contribution is 2.22. The number of phenolic OH excluding ortho intramolecular Hbond substituents is 1. The number of hydrogen-bond acceptors (Lipinski definition) is 3. The number of carbonyl (C=O) groups is 1. The van der Waals surface area contributed by atoms with Crippen molar-refractivity contribution in [2.24, 2.45) is 0 Å². The van der Waals surface area contributed by atoms with Gasteiger partial charge in [0.2, 0.25) is 0 Å². The third-order valence-corrected chi connectivity index (χ3v) is 1.49. The van der Waals surface area contributed by atoms with Crippen molar-refractivity contribution in [2.45, 2.75) is 6.92 Å². The molecule has 0 atom stereocenters. The molecule has 1 rings (SSSR count). The lowest BCUT2D eigenvalue weighted by Gasteiger charge is -2.03. The van der Waals surface area contributed by atoms with Crippen molar-refractivity contribution in [3.8, 4) is 5.75 Å². The second-order valence-electron chi connectivity index (χ2n) is 2.45. The Hall–Kier alpha value is -1.58. The van der Waals surface area contributed by atoms with Crippen LogP contribution in [0.4, 0.5) is 10.1 Å². The summed E-state index contributed by atoms with van der Waals surface area (Å²) in [6.45, 7) is 1.25. The van der Waals surface area contributed by atoms with E-state index in [2.05, 4.69) is 0 Å². The lowest BCUT2D eigenvalue weighted by molar-refractivity contribution is 0.101. The van der Waals surface area contributed by atoms with Crippen LogP contribution in [0.25, 0.3) is 0 Å². The first kappa shape index (κ1) is 8.52. The molecule has 3 nitrogen and oxygen atoms in total. The van der Waals surface area contributed by atoms with Crippen LogP contribution in [0.1, 0.15) is 17.3 Å². The van der Waals surface area contributed by atoms with Gasteiger partial charge in [-0.2, -0.15) is 0 Å². The third-order valence-electron chi connectivity index (χ3n) is 1.49. The number of benzene rings is 1. The van der Waals surface area contributed by atoms with Gasteiger partial charge in [0.1, 0.15) is 5.75 Å². The number of hydrogen-bond donors (Lipinski definition) is 2. The van der Waals surface area contributed by atoms with Crippen molar-refractivity contribution < 1.29 is 14.3 Å². The molecule has 3 N–H and O–H groups in total. The van der Waals surface area contributed by atoms with Crippen LogP contribution in [0.3, 0.4) is 0 Å². The van der Waals surface area contributed by atoms with Gasteiger partial charge in [-0.25, -0.2) is 4.39 Å². The Kier molecular flexibility index (Phi) is 1.99. The van der Waals surface area contributed by atoms with Gasteiger partial charge < -0.3 is 10.8 Å². The van der Waals surface area contributed by atoms with Gasteiger partial charge in [0.05, 0.1) is 5.69 Å². The molecule has 1 aromatic rings. The summed E-state index contributed by atoms with van der Waals surface area (Å²) >= 11 is 0. The van der Waals surface area contributed by atoms with Crippen LogP contribution in [0.15, 0.2) is 12.1 Å². The van der Waals surface area contributed by atoms with Gasteiger partial charge in [0.15, 0.2) is 11.6 Å². The molecular formula is C8H8FNO2. The molecule has 12 heavy (non-hydrogen) atoms. The number of nitrogen functional groups attached to an aromatic ring is 1. The molecule has 0 heterocycles. The maximum absolute atomic E-state index is 12.8. The zero-order chi connectivity index (χ0) is 9.30. The minimum absolute atomic E-state index is 0.00694. The summed E-state index contributed by atoms with van der Waals surface area (Å²) in [6, 6.07) is 2.00. The first-order valence-corrected chi connectivity index (χ1v) is 3.31. The van der Waals surface area contributed by atoms with Crippen LogP contribution >= 0.6 is 0 Å². The molecule has 4 heteroatoms. The summed E-state index contributed by atoms with van der Waals surface area (Å²) in [6.07, 6.45) is 0. The van der Waals surface area contributed by atoms with Crippen molar-refractivity contribution in [1.82, 2.24) is 0 Å². The molecule has 64 valence electrons. The molecule has 0 aromatic heterocycles. The van der Waals surface area contributed by atoms with E-state index in [4.69, 9.17) is 10.8 Å². The highest BCUT2D eigenvalue weighted by Gasteiger charge is 2.10. The molecule has 0 amide bonds. The molecule has 0 aliphatic heterocycles. The van der Waals surface area contributed by atoms with Gasteiger partial charge in [-0.05, 0) is 13.0 Å². The summed E-state index contributed by atoms with van der Waals surface area (Å²) < 4.78 is 12.8. The second-order valence-corrected chi connectivity index (χ2v) is 2.45. The van der Waals surface area contributed by atoms with E-state index in [1.54, 1.807) is 0 Å². The third kappa shape index (κ3) is 1.37. The molecule has 0 aliphatic carbocycles. The summed E-state index contributed by atoms with van der Waals surface area (Å²) in [5, 5.41) is 8.92. The number of Topliss-reactive ketones (excluding diaryl/α,β-unsaturated/α-hetero) is 1. The maximum atomic E-state index is 12.8. The van der Waals surface area contributed by atoms with Crippen LogP contribution in [-0.2, 0) is 0 Å². The smallest absolute Gasteiger partial charge is 0.162 e. The van der Waals surface area contributed by atoms with E-state index in [0.29, 0.717) is 0 Å². The minimum Gasteiger partial charge on any atom is -0.508 e. The Labute approximate surface area is 68.6 Å². The van der Waals surface area contributed by atoms with Gasteiger partial charge in [0.25, 0.3) is 0 Å². The Bertz CT molecular complexity index is 336. The highest BCUT2D eigenvalue weighted by molar-refractivity contribution is 5.99. The number of rotatable bonds is 1. The summed E-state index contributed by atoms with van der Waals surface area (Å²) in [7, 11) is 0. The van der Waals surface area contributed by atoms with Crippen LogP contribution in [0.5, 0.6) is 5.75 Å². The normalized spacial score (nSPS) is 9.83. The van der Waals surface area contributed by atoms with Crippen molar-refractivity contribution in [3.63, 3.8) is 0 Å². The predicted molar refractivity (Wildman–Crippen MR) is 42.5 cm³/mol. The summed E-state index contributed by atoms with van der Waals surface area (Å²) in [4.78, 5) is 10.8. The number of nitrogens with two attached hydrogens (primary N) is 1. The maximum Gasteiger partial charge on any atom is 0.162 e. The molecule has 0 saturated carbocycles. The fourth-order valence-electron chi connectivity index (χ4n) is 0.895. The van der Waals surface area contributed by atoms with Gasteiger partial charge in [-0.15, -0.1) is 0 Å². The number of aromatic hydroxyl groups is 1. The number of phenols is 1. The van der Waals surface area contributed by atoms with Crippen molar-refractivity contribution in [1.29, 1.82) is 0 Å². The molecule has 0 spiro atoms. The zero-order valence-electron chi connectivity index (χ0n) is 6.47. The quantitative estimate of drug-likeness (QED) is 0.378. The second kappa shape index (κ2) is 2.81. The van der Waals surface area contributed by atoms with Crippen LogP contribution in [0.2, 0.25) is 0 Å². The average Bonchev–Trinajstić information content (AvgIpc) is 1.96. The standard InChI is InChI=1S/C8H8FNO2/c1-4(11)6-2-5(12)3-7(9)8(6)10/h2-3,12H,10H2,1H3. The largest absolute Gasteiger partial charge is 0.508 e. The van der Waals surface area contributed by atoms with E-state index in [9.17, 15) is 9.18 Å². The van der Waals surface area contributed by atoms with Gasteiger partial charge in [-0.3, -0.25) is 4.79 Å². The summed E-state index contributed by atoms with van der Waals surface area (Å²) in [5.41, 5.74) is 5.03. The SMILES string of the molecule is CC(=O)c1cc(O)cc(F)c1N. The Morgan fingerprint density at radius 2 is 2.17 bits per heavy atom. The lowest BCUT2D eigenvalue weighted by atomic mass is 10.1. The van der Waals surface area contributed by atoms with E-state index in [-0.39, 0.29) is 22.8 Å². The fraction of sp³-hybridized carbons (Fsp3) is 0.125. The number of ketones is 1. The molecule has 1 aromatic carbocycles. The Balaban J connectivity index is 3.37. The van der Waals surface area contributed by atoms with Crippen LogP contribution < -0.4 is 5.73 Å². The number of carbonyl (C=O) groups excluding carboxylic acids is 1. The van der Waals surface area contributed by atoms with Crippen LogP contribution in [-0.4, -0.2) is 10.9 Å². The number of anilines is 1.